The van der Waals surface area contributed by atoms with E-state index in [0.717, 1.165) is 6.07 Å². The number of aryl methyl sites for hydroxylation is 1. The molecule has 1 atom stereocenters. The van der Waals surface area contributed by atoms with Crippen LogP contribution in [0, 0.1) is 22.9 Å². The number of nitrogens with zero attached hydrogens (tertiary/aromatic N) is 1. The van der Waals surface area contributed by atoms with E-state index in [1.54, 1.807) is 43.3 Å². The summed E-state index contributed by atoms with van der Waals surface area (Å²) in [5, 5.41) is 13.8. The number of benzene rings is 3. The number of amides is 1. The molecular formula is C22H17FN2O5. The summed E-state index contributed by atoms with van der Waals surface area (Å²) in [6.07, 6.45) is -1.40. The summed E-state index contributed by atoms with van der Waals surface area (Å²) in [6.45, 7) is 1.69. The molecule has 1 amide bonds. The number of ether oxygens (including phenoxy) is 1. The molecule has 1 unspecified atom stereocenters. The van der Waals surface area contributed by atoms with Crippen LogP contribution < -0.4 is 5.32 Å². The van der Waals surface area contributed by atoms with Crippen LogP contribution in [0.1, 0.15) is 27.6 Å². The Morgan fingerprint density at radius 2 is 1.77 bits per heavy atom. The first-order valence-corrected chi connectivity index (χ1v) is 8.92. The van der Waals surface area contributed by atoms with Gasteiger partial charge in [0.15, 0.2) is 0 Å². The first-order valence-electron chi connectivity index (χ1n) is 8.92. The molecule has 8 heteroatoms. The van der Waals surface area contributed by atoms with Gasteiger partial charge in [-0.3, -0.25) is 14.9 Å². The second kappa shape index (κ2) is 8.95. The van der Waals surface area contributed by atoms with Crippen molar-refractivity contribution < 1.29 is 23.6 Å². The van der Waals surface area contributed by atoms with E-state index >= 15 is 0 Å². The number of halogens is 1. The average molecular weight is 408 g/mol. The number of hydrogen-bond donors (Lipinski definition) is 1. The van der Waals surface area contributed by atoms with Gasteiger partial charge in [-0.15, -0.1) is 0 Å². The Bertz CT molecular complexity index is 1100. The van der Waals surface area contributed by atoms with Crippen LogP contribution >= 0.6 is 0 Å². The molecule has 0 aliphatic carbocycles. The van der Waals surface area contributed by atoms with Crippen molar-refractivity contribution in [1.82, 2.24) is 0 Å². The Hall–Kier alpha value is -4.07. The molecule has 0 aromatic heterocycles. The maximum absolute atomic E-state index is 13.4. The maximum atomic E-state index is 13.4. The molecule has 1 N–H and O–H groups in total. The minimum atomic E-state index is -1.40. The third-order valence-corrected chi connectivity index (χ3v) is 4.23. The van der Waals surface area contributed by atoms with Gasteiger partial charge < -0.3 is 10.1 Å². The lowest BCUT2D eigenvalue weighted by molar-refractivity contribution is -0.384. The summed E-state index contributed by atoms with van der Waals surface area (Å²) < 4.78 is 18.8. The SMILES string of the molecule is Cc1ccc(NC(=O)C(OC(=O)c2cccc(F)c2)c2ccccc2)c([N+](=O)[O-])c1. The van der Waals surface area contributed by atoms with Crippen LogP contribution in [0.5, 0.6) is 0 Å². The first kappa shape index (κ1) is 20.7. The zero-order valence-electron chi connectivity index (χ0n) is 15.9. The molecule has 0 bridgehead atoms. The van der Waals surface area contributed by atoms with Gasteiger partial charge in [0.1, 0.15) is 11.5 Å². The molecule has 3 aromatic rings. The Labute approximate surface area is 171 Å². The molecule has 0 fully saturated rings. The number of nitro groups is 1. The fourth-order valence-electron chi connectivity index (χ4n) is 2.79. The second-order valence-electron chi connectivity index (χ2n) is 6.47. The molecule has 30 heavy (non-hydrogen) atoms. The predicted octanol–water partition coefficient (Wildman–Crippen LogP) is 4.58. The highest BCUT2D eigenvalue weighted by molar-refractivity contribution is 5.99. The molecule has 0 aliphatic heterocycles. The summed E-state index contributed by atoms with van der Waals surface area (Å²) in [7, 11) is 0. The summed E-state index contributed by atoms with van der Waals surface area (Å²) >= 11 is 0. The number of hydrogen-bond acceptors (Lipinski definition) is 5. The lowest BCUT2D eigenvalue weighted by Gasteiger charge is -2.18. The van der Waals surface area contributed by atoms with Crippen molar-refractivity contribution in [2.75, 3.05) is 5.32 Å². The molecule has 0 aliphatic rings. The van der Waals surface area contributed by atoms with Crippen molar-refractivity contribution in [2.24, 2.45) is 0 Å². The minimum Gasteiger partial charge on any atom is -0.444 e. The van der Waals surface area contributed by atoms with Crippen LogP contribution in [0.2, 0.25) is 0 Å². The zero-order chi connectivity index (χ0) is 21.7. The van der Waals surface area contributed by atoms with Crippen LogP contribution in [0.4, 0.5) is 15.8 Å². The molecule has 0 radical (unpaired) electrons. The highest BCUT2D eigenvalue weighted by Crippen LogP contribution is 2.28. The van der Waals surface area contributed by atoms with E-state index in [1.807, 2.05) is 0 Å². The number of esters is 1. The number of rotatable bonds is 6. The Morgan fingerprint density at radius 3 is 2.43 bits per heavy atom. The van der Waals surface area contributed by atoms with Gasteiger partial charge in [0, 0.05) is 11.6 Å². The van der Waals surface area contributed by atoms with Gasteiger partial charge in [0.05, 0.1) is 10.5 Å². The number of nitrogens with one attached hydrogen (secondary N) is 1. The third kappa shape index (κ3) is 4.85. The fraction of sp³-hybridized carbons (Fsp3) is 0.0909. The summed E-state index contributed by atoms with van der Waals surface area (Å²) in [6, 6.07) is 17.4. The van der Waals surface area contributed by atoms with Crippen molar-refractivity contribution in [1.29, 1.82) is 0 Å². The number of carbonyl (C=O) groups excluding carboxylic acids is 2. The molecular weight excluding hydrogens is 391 g/mol. The number of carbonyl (C=O) groups is 2. The standard InChI is InChI=1S/C22H17FN2O5/c1-14-10-11-18(19(12-14)25(28)29)24-21(26)20(15-6-3-2-4-7-15)30-22(27)16-8-5-9-17(23)13-16/h2-13,20H,1H3,(H,24,26). The molecule has 152 valence electrons. The van der Waals surface area contributed by atoms with Gasteiger partial charge in [-0.2, -0.15) is 0 Å². The highest BCUT2D eigenvalue weighted by Gasteiger charge is 2.28. The molecule has 3 aromatic carbocycles. The van der Waals surface area contributed by atoms with E-state index in [-0.39, 0.29) is 16.9 Å². The normalized spacial score (nSPS) is 11.4. The van der Waals surface area contributed by atoms with Crippen LogP contribution in [0.15, 0.2) is 72.8 Å². The molecule has 0 spiro atoms. The van der Waals surface area contributed by atoms with Gasteiger partial charge in [-0.1, -0.05) is 42.5 Å². The van der Waals surface area contributed by atoms with Gasteiger partial charge in [-0.25, -0.2) is 9.18 Å². The van der Waals surface area contributed by atoms with Crippen LogP contribution in [0.3, 0.4) is 0 Å². The van der Waals surface area contributed by atoms with E-state index in [4.69, 9.17) is 4.74 Å². The number of nitro benzene ring substituents is 1. The van der Waals surface area contributed by atoms with E-state index in [0.29, 0.717) is 11.1 Å². The van der Waals surface area contributed by atoms with Gasteiger partial charge in [0.2, 0.25) is 6.10 Å². The second-order valence-corrected chi connectivity index (χ2v) is 6.47. The zero-order valence-corrected chi connectivity index (χ0v) is 15.9. The fourth-order valence-corrected chi connectivity index (χ4v) is 2.79. The maximum Gasteiger partial charge on any atom is 0.339 e. The van der Waals surface area contributed by atoms with Crippen molar-refractivity contribution in [2.45, 2.75) is 13.0 Å². The quantitative estimate of drug-likeness (QED) is 0.366. The monoisotopic (exact) mass is 408 g/mol. The molecule has 0 heterocycles. The smallest absolute Gasteiger partial charge is 0.339 e. The van der Waals surface area contributed by atoms with E-state index in [2.05, 4.69) is 5.32 Å². The first-order chi connectivity index (χ1) is 14.3. The molecule has 0 saturated carbocycles. The lowest BCUT2D eigenvalue weighted by atomic mass is 10.1. The topological polar surface area (TPSA) is 98.5 Å². The van der Waals surface area contributed by atoms with Crippen molar-refractivity contribution >= 4 is 23.3 Å². The largest absolute Gasteiger partial charge is 0.444 e. The summed E-state index contributed by atoms with van der Waals surface area (Å²) in [5.74, 6) is -2.31. The van der Waals surface area contributed by atoms with Gasteiger partial charge in [0.25, 0.3) is 11.6 Å². The van der Waals surface area contributed by atoms with Crippen LogP contribution in [-0.2, 0) is 9.53 Å². The number of anilines is 1. The van der Waals surface area contributed by atoms with Crippen molar-refractivity contribution in [3.05, 3.63) is 105 Å². The van der Waals surface area contributed by atoms with Gasteiger partial charge in [-0.05, 0) is 36.8 Å². The van der Waals surface area contributed by atoms with Gasteiger partial charge >= 0.3 is 5.97 Å². The van der Waals surface area contributed by atoms with E-state index < -0.39 is 28.7 Å². The lowest BCUT2D eigenvalue weighted by Crippen LogP contribution is -2.26. The van der Waals surface area contributed by atoms with Crippen molar-refractivity contribution in [3.63, 3.8) is 0 Å². The van der Waals surface area contributed by atoms with E-state index in [9.17, 15) is 24.1 Å². The Kier molecular flexibility index (Phi) is 6.17. The summed E-state index contributed by atoms with van der Waals surface area (Å²) in [5.41, 5.74) is 0.626. The molecule has 0 saturated heterocycles. The molecule has 7 nitrogen and oxygen atoms in total. The predicted molar refractivity (Wildman–Crippen MR) is 107 cm³/mol. The molecule has 3 rings (SSSR count). The minimum absolute atomic E-state index is 0.0293. The average Bonchev–Trinajstić information content (AvgIpc) is 2.73. The van der Waals surface area contributed by atoms with E-state index in [1.165, 1.54) is 30.3 Å². The van der Waals surface area contributed by atoms with Crippen molar-refractivity contribution in [3.8, 4) is 0 Å². The van der Waals surface area contributed by atoms with Crippen LogP contribution in [0.25, 0.3) is 0 Å². The Morgan fingerprint density at radius 1 is 1.03 bits per heavy atom. The summed E-state index contributed by atoms with van der Waals surface area (Å²) in [4.78, 5) is 36.1. The van der Waals surface area contributed by atoms with Crippen LogP contribution in [-0.4, -0.2) is 16.8 Å². The third-order valence-electron chi connectivity index (χ3n) is 4.23. The highest BCUT2D eigenvalue weighted by atomic mass is 19.1. The Balaban J connectivity index is 1.91.